The maximum atomic E-state index is 12.9. The number of hydrogen-bond acceptors (Lipinski definition) is 7. The van der Waals surface area contributed by atoms with Crippen molar-refractivity contribution in [1.82, 2.24) is 9.97 Å². The first-order chi connectivity index (χ1) is 26.5. The highest BCUT2D eigenvalue weighted by Gasteiger charge is 2.35. The van der Waals surface area contributed by atoms with E-state index in [1.165, 1.54) is 23.5 Å². The fourth-order valence-electron chi connectivity index (χ4n) is 5.56. The molecular weight excluding hydrogens is 826 g/mol. The highest BCUT2D eigenvalue weighted by molar-refractivity contribution is 8.14. The molecule has 6 rings (SSSR count). The third kappa shape index (κ3) is 15.7. The Morgan fingerprint density at radius 2 is 1.34 bits per heavy atom. The summed E-state index contributed by atoms with van der Waals surface area (Å²) in [5.74, 6) is 2.87. The number of nitrogens with zero attached hydrogens (tertiary/aromatic N) is 5. The summed E-state index contributed by atoms with van der Waals surface area (Å²) in [5, 5.41) is 5.38. The molecule has 0 atom stereocenters. The first-order valence-corrected chi connectivity index (χ1v) is 20.7. The van der Waals surface area contributed by atoms with Crippen molar-refractivity contribution in [1.29, 1.82) is 0 Å². The number of hydrogen-bond donors (Lipinski definition) is 1. The molecule has 0 saturated carbocycles. The summed E-state index contributed by atoms with van der Waals surface area (Å²) in [7, 11) is 0. The Morgan fingerprint density at radius 3 is 1.86 bits per heavy atom. The second-order valence-corrected chi connectivity index (χ2v) is 18.1. The molecule has 1 saturated heterocycles. The summed E-state index contributed by atoms with van der Waals surface area (Å²) < 4.78 is 74.1. The van der Waals surface area contributed by atoms with Crippen LogP contribution in [0.15, 0.2) is 95.2 Å². The van der Waals surface area contributed by atoms with Gasteiger partial charge in [0.05, 0.1) is 23.1 Å². The molecule has 59 heavy (non-hydrogen) atoms. The van der Waals surface area contributed by atoms with E-state index in [-0.39, 0.29) is 25.4 Å². The molecule has 2 aromatic heterocycles. The van der Waals surface area contributed by atoms with Crippen molar-refractivity contribution in [3.05, 3.63) is 113 Å². The monoisotopic (exact) mass is 882 g/mol. The average Bonchev–Trinajstić information content (AvgIpc) is 3.13. The van der Waals surface area contributed by atoms with Gasteiger partial charge in [-0.25, -0.2) is 15.0 Å². The summed E-state index contributed by atoms with van der Waals surface area (Å²) in [6.07, 6.45) is -6.80. The molecule has 2 aliphatic heterocycles. The zero-order chi connectivity index (χ0) is 42.2. The number of benzene rings is 2. The minimum absolute atomic E-state index is 0. The van der Waals surface area contributed by atoms with Crippen molar-refractivity contribution in [3.8, 4) is 0 Å². The van der Waals surface area contributed by atoms with Gasteiger partial charge in [-0.1, -0.05) is 142 Å². The molecule has 0 radical (unpaired) electrons. The first kappa shape index (κ1) is 51.4. The van der Waals surface area contributed by atoms with Crippen LogP contribution < -0.4 is 10.2 Å². The number of para-hydroxylation sites is 2. The van der Waals surface area contributed by atoms with E-state index in [0.717, 1.165) is 57.8 Å². The predicted molar refractivity (Wildman–Crippen MR) is 241 cm³/mol. The molecule has 1 fully saturated rings. The second kappa shape index (κ2) is 21.7. The van der Waals surface area contributed by atoms with Crippen LogP contribution in [0.2, 0.25) is 5.15 Å². The Kier molecular flexibility index (Phi) is 18.9. The quantitative estimate of drug-likeness (QED) is 0.159. The number of aliphatic imine (C=N–C) groups is 2. The number of amidine groups is 2. The van der Waals surface area contributed by atoms with E-state index < -0.39 is 23.6 Å². The van der Waals surface area contributed by atoms with E-state index in [4.69, 9.17) is 16.6 Å². The number of halogens is 7. The van der Waals surface area contributed by atoms with Crippen molar-refractivity contribution < 1.29 is 26.3 Å². The van der Waals surface area contributed by atoms with Gasteiger partial charge in [-0.15, -0.1) is 0 Å². The molecule has 2 aliphatic rings. The lowest BCUT2D eigenvalue weighted by molar-refractivity contribution is -0.141. The topological polar surface area (TPSA) is 65.8 Å². The van der Waals surface area contributed by atoms with Crippen molar-refractivity contribution in [2.24, 2.45) is 20.8 Å². The third-order valence-electron chi connectivity index (χ3n) is 8.66. The van der Waals surface area contributed by atoms with E-state index in [9.17, 15) is 26.3 Å². The fourth-order valence-corrected chi connectivity index (χ4v) is 7.73. The number of anilines is 2. The minimum Gasteiger partial charge on any atom is -0.335 e. The van der Waals surface area contributed by atoms with Crippen LogP contribution in [0.4, 0.5) is 43.4 Å². The van der Waals surface area contributed by atoms with Gasteiger partial charge in [0.1, 0.15) is 10.8 Å². The van der Waals surface area contributed by atoms with Gasteiger partial charge >= 0.3 is 12.4 Å². The number of nitrogens with one attached hydrogen (secondary N) is 1. The molecule has 0 amide bonds. The Morgan fingerprint density at radius 1 is 0.729 bits per heavy atom. The Balaban J connectivity index is 0.000000332. The summed E-state index contributed by atoms with van der Waals surface area (Å²) in [6.45, 7) is 19.1. The summed E-state index contributed by atoms with van der Waals surface area (Å²) in [6, 6.07) is 21.0. The van der Waals surface area contributed by atoms with Gasteiger partial charge < -0.3 is 10.2 Å². The zero-order valence-corrected chi connectivity index (χ0v) is 35.7. The zero-order valence-electron chi connectivity index (χ0n) is 33.3. The number of aromatic nitrogens is 2. The molecule has 6 nitrogen and oxygen atoms in total. The van der Waals surface area contributed by atoms with Crippen LogP contribution >= 0.6 is 35.1 Å². The van der Waals surface area contributed by atoms with Crippen LogP contribution in [-0.4, -0.2) is 44.9 Å². The molecule has 0 bridgehead atoms. The molecule has 1 N–H and O–H groups in total. The van der Waals surface area contributed by atoms with Crippen LogP contribution in [-0.2, 0) is 12.4 Å². The number of alkyl halides is 6. The Bertz CT molecular complexity index is 1980. The maximum absolute atomic E-state index is 12.9. The van der Waals surface area contributed by atoms with Crippen molar-refractivity contribution in [2.45, 2.75) is 94.4 Å². The lowest BCUT2D eigenvalue weighted by atomic mass is 9.95. The van der Waals surface area contributed by atoms with Crippen LogP contribution in [0.25, 0.3) is 0 Å². The van der Waals surface area contributed by atoms with E-state index in [1.807, 2.05) is 34.9 Å². The Labute approximate surface area is 360 Å². The molecule has 4 aromatic rings. The summed E-state index contributed by atoms with van der Waals surface area (Å²) in [4.78, 5) is 18.4. The van der Waals surface area contributed by atoms with E-state index >= 15 is 0 Å². The smallest absolute Gasteiger partial charge is 0.335 e. The third-order valence-corrected chi connectivity index (χ3v) is 11.8. The molecular formula is C44H57ClF6N6S2. The van der Waals surface area contributed by atoms with Gasteiger partial charge in [-0.2, -0.15) is 26.3 Å². The lowest BCUT2D eigenvalue weighted by Gasteiger charge is -2.39. The van der Waals surface area contributed by atoms with Crippen molar-refractivity contribution in [2.75, 3.05) is 34.8 Å². The van der Waals surface area contributed by atoms with Crippen molar-refractivity contribution >= 4 is 62.5 Å². The minimum atomic E-state index is -4.44. The molecule has 4 heterocycles. The van der Waals surface area contributed by atoms with Crippen LogP contribution in [0, 0.1) is 10.8 Å². The maximum Gasteiger partial charge on any atom is 0.433 e. The molecule has 0 spiro atoms. The van der Waals surface area contributed by atoms with Gasteiger partial charge in [-0.3, -0.25) is 4.99 Å². The lowest BCUT2D eigenvalue weighted by Crippen LogP contribution is -2.44. The number of rotatable bonds is 5. The molecule has 0 unspecified atom stereocenters. The average molecular weight is 884 g/mol. The van der Waals surface area contributed by atoms with Gasteiger partial charge in [0.25, 0.3) is 0 Å². The van der Waals surface area contributed by atoms with E-state index in [2.05, 4.69) is 106 Å². The van der Waals surface area contributed by atoms with Gasteiger partial charge in [0.2, 0.25) is 0 Å². The molecule has 15 heteroatoms. The molecule has 2 aromatic carbocycles. The van der Waals surface area contributed by atoms with Gasteiger partial charge in [-0.05, 0) is 70.2 Å². The largest absolute Gasteiger partial charge is 0.433 e. The predicted octanol–water partition coefficient (Wildman–Crippen LogP) is 14.9. The number of pyridine rings is 2. The second-order valence-electron chi connectivity index (χ2n) is 15.9. The SMILES string of the molecule is C.C.CC(C)c1ccccc1N=C1SCC(C)(C)CN1c1ccc(C(F)(F)F)nc1.CC(C)c1ccccc1NC1=NCC(C)(C)CS1.FC(F)(F)c1ccc(Cl)nc1. The highest BCUT2D eigenvalue weighted by Crippen LogP contribution is 2.38. The molecule has 324 valence electrons. The summed E-state index contributed by atoms with van der Waals surface area (Å²) >= 11 is 8.73. The van der Waals surface area contributed by atoms with Crippen LogP contribution in [0.1, 0.15) is 104 Å². The van der Waals surface area contributed by atoms with Crippen LogP contribution in [0.5, 0.6) is 0 Å². The fraction of sp³-hybridized carbons (Fsp3) is 0.455. The van der Waals surface area contributed by atoms with Gasteiger partial charge in [0.15, 0.2) is 10.3 Å². The van der Waals surface area contributed by atoms with Crippen LogP contribution in [0.3, 0.4) is 0 Å². The normalized spacial score (nSPS) is 16.7. The van der Waals surface area contributed by atoms with E-state index in [1.54, 1.807) is 11.8 Å². The van der Waals surface area contributed by atoms with Crippen molar-refractivity contribution in [3.63, 3.8) is 0 Å². The standard InChI is InChI=1S/C21H24F3N3S.C15H22N2S.C6H3ClF3N.2CH4/c1-14(2)16-7-5-6-8-17(16)26-19-27(12-20(3,4)13-28-19)15-9-10-18(25-11-15)21(22,23)24;1-11(2)12-7-5-6-8-13(12)17-14-16-9-15(3,4)10-18-14;7-5-2-1-4(3-11-5)6(8,9)10;;/h5-11,14H,12-13H2,1-4H3;5-8,11H,9-10H2,1-4H3,(H,16,17);1-3H;2*1H4. The highest BCUT2D eigenvalue weighted by atomic mass is 35.5. The Hall–Kier alpha value is -3.75. The first-order valence-electron chi connectivity index (χ1n) is 18.4. The van der Waals surface area contributed by atoms with E-state index in [0.29, 0.717) is 35.7 Å². The molecule has 0 aliphatic carbocycles. The van der Waals surface area contributed by atoms with Gasteiger partial charge in [0, 0.05) is 36.5 Å². The summed E-state index contributed by atoms with van der Waals surface area (Å²) in [5.41, 5.74) is 3.86. The number of thioether (sulfide) groups is 2.